The summed E-state index contributed by atoms with van der Waals surface area (Å²) in [6.45, 7) is 4.78. The summed E-state index contributed by atoms with van der Waals surface area (Å²) in [5.41, 5.74) is 6.51. The number of carbonyl (C=O) groups excluding carboxylic acids is 2. The van der Waals surface area contributed by atoms with E-state index in [4.69, 9.17) is 31.5 Å². The number of benzene rings is 1. The zero-order chi connectivity index (χ0) is 22.8. The lowest BCUT2D eigenvalue weighted by molar-refractivity contribution is -0.143. The molecule has 3 N–H and O–H groups in total. The van der Waals surface area contributed by atoms with Gasteiger partial charge in [0.1, 0.15) is 5.75 Å². The topological polar surface area (TPSA) is 103 Å². The van der Waals surface area contributed by atoms with Crippen molar-refractivity contribution in [2.45, 2.75) is 51.2 Å². The number of ether oxygens (including phenoxy) is 3. The van der Waals surface area contributed by atoms with E-state index in [2.05, 4.69) is 10.2 Å². The molecule has 0 spiro atoms. The molecule has 0 saturated carbocycles. The van der Waals surface area contributed by atoms with Crippen molar-refractivity contribution in [3.8, 4) is 5.75 Å². The average molecular weight is 492 g/mol. The van der Waals surface area contributed by atoms with E-state index in [1.54, 1.807) is 13.2 Å². The number of unbranched alkanes of at least 4 members (excludes halogenated alkanes) is 2. The van der Waals surface area contributed by atoms with Crippen LogP contribution in [0.4, 0.5) is 5.69 Å². The van der Waals surface area contributed by atoms with Gasteiger partial charge in [0.15, 0.2) is 0 Å². The van der Waals surface area contributed by atoms with Crippen LogP contribution in [0.15, 0.2) is 12.1 Å². The molecule has 2 atom stereocenters. The van der Waals surface area contributed by atoms with Gasteiger partial charge in [-0.1, -0.05) is 18.0 Å². The van der Waals surface area contributed by atoms with Gasteiger partial charge in [-0.25, -0.2) is 0 Å². The van der Waals surface area contributed by atoms with Crippen LogP contribution >= 0.6 is 24.0 Å². The lowest BCUT2D eigenvalue weighted by Crippen LogP contribution is -2.54. The fraction of sp³-hybridized carbons (Fsp3) is 0.636. The third-order valence-corrected chi connectivity index (χ3v) is 5.81. The van der Waals surface area contributed by atoms with E-state index in [0.29, 0.717) is 35.1 Å². The van der Waals surface area contributed by atoms with Crippen molar-refractivity contribution in [3.05, 3.63) is 22.7 Å². The molecule has 0 radical (unpaired) electrons. The first kappa shape index (κ1) is 28.3. The highest BCUT2D eigenvalue weighted by molar-refractivity contribution is 6.33. The number of anilines is 1. The van der Waals surface area contributed by atoms with Crippen LogP contribution < -0.4 is 15.8 Å². The number of nitrogens with two attached hydrogens (primary N) is 1. The number of esters is 1. The Morgan fingerprint density at radius 1 is 1.25 bits per heavy atom. The van der Waals surface area contributed by atoms with Crippen LogP contribution in [-0.4, -0.2) is 69.4 Å². The Morgan fingerprint density at radius 2 is 2.00 bits per heavy atom. The van der Waals surface area contributed by atoms with Crippen LogP contribution in [0.5, 0.6) is 5.75 Å². The predicted octanol–water partition coefficient (Wildman–Crippen LogP) is 3.30. The van der Waals surface area contributed by atoms with Crippen molar-refractivity contribution in [1.29, 1.82) is 0 Å². The van der Waals surface area contributed by atoms with Gasteiger partial charge in [-0.05, 0) is 38.8 Å². The highest BCUT2D eigenvalue weighted by Gasteiger charge is 2.31. The average Bonchev–Trinajstić information content (AvgIpc) is 2.75. The number of amides is 1. The van der Waals surface area contributed by atoms with Crippen LogP contribution in [0, 0.1) is 0 Å². The molecule has 10 heteroatoms. The lowest BCUT2D eigenvalue weighted by Gasteiger charge is -2.38. The van der Waals surface area contributed by atoms with Crippen molar-refractivity contribution < 1.29 is 23.8 Å². The predicted molar refractivity (Wildman–Crippen MR) is 128 cm³/mol. The summed E-state index contributed by atoms with van der Waals surface area (Å²) in [4.78, 5) is 26.6. The minimum atomic E-state index is -0.266. The number of hydrogen-bond donors (Lipinski definition) is 2. The molecule has 0 bridgehead atoms. The smallest absolute Gasteiger partial charge is 0.305 e. The van der Waals surface area contributed by atoms with Crippen molar-refractivity contribution in [1.82, 2.24) is 10.2 Å². The molecule has 182 valence electrons. The molecule has 8 nitrogen and oxygen atoms in total. The maximum Gasteiger partial charge on any atom is 0.305 e. The Morgan fingerprint density at radius 3 is 2.66 bits per heavy atom. The second-order valence-corrected chi connectivity index (χ2v) is 8.04. The van der Waals surface area contributed by atoms with Crippen molar-refractivity contribution in [2.24, 2.45) is 0 Å². The molecule has 0 aromatic heterocycles. The summed E-state index contributed by atoms with van der Waals surface area (Å²) in [5, 5.41) is 3.37. The first-order valence-electron chi connectivity index (χ1n) is 10.7. The SMILES string of the molecule is CCOC(=O)CCCCCN1CC[C@@H](NC(=O)c2cc(Cl)c(N)cc2OC)[C@@H](OC)C1.Cl. The first-order valence-corrected chi connectivity index (χ1v) is 11.1. The first-order chi connectivity index (χ1) is 14.9. The summed E-state index contributed by atoms with van der Waals surface area (Å²) in [6, 6.07) is 2.96. The van der Waals surface area contributed by atoms with Gasteiger partial charge in [-0.15, -0.1) is 12.4 Å². The van der Waals surface area contributed by atoms with Crippen molar-refractivity contribution in [3.63, 3.8) is 0 Å². The molecule has 1 fully saturated rings. The molecule has 32 heavy (non-hydrogen) atoms. The van der Waals surface area contributed by atoms with E-state index in [1.165, 1.54) is 13.2 Å². The molecule has 2 rings (SSSR count). The van der Waals surface area contributed by atoms with Crippen molar-refractivity contribution >= 4 is 41.6 Å². The highest BCUT2D eigenvalue weighted by atomic mass is 35.5. The number of rotatable bonds is 11. The normalized spacial score (nSPS) is 18.5. The molecule has 1 aliphatic rings. The molecule has 1 aromatic rings. The zero-order valence-electron chi connectivity index (χ0n) is 19.0. The monoisotopic (exact) mass is 491 g/mol. The van der Waals surface area contributed by atoms with Crippen LogP contribution in [0.1, 0.15) is 49.4 Å². The number of nitrogens with one attached hydrogen (secondary N) is 1. The highest BCUT2D eigenvalue weighted by Crippen LogP contribution is 2.29. The van der Waals surface area contributed by atoms with Crippen LogP contribution in [-0.2, 0) is 14.3 Å². The van der Waals surface area contributed by atoms with Crippen molar-refractivity contribution in [2.75, 3.05) is 46.2 Å². The van der Waals surface area contributed by atoms with Gasteiger partial charge in [0.2, 0.25) is 0 Å². The van der Waals surface area contributed by atoms with Gasteiger partial charge >= 0.3 is 5.97 Å². The Balaban J connectivity index is 0.00000512. The number of methoxy groups -OCH3 is 2. The van der Waals surface area contributed by atoms with E-state index < -0.39 is 0 Å². The van der Waals surface area contributed by atoms with Gasteiger partial charge in [0.25, 0.3) is 5.91 Å². The second kappa shape index (κ2) is 14.4. The molecule has 1 amide bonds. The molecule has 1 aliphatic heterocycles. The summed E-state index contributed by atoms with van der Waals surface area (Å²) in [5.74, 6) is -0.00985. The van der Waals surface area contributed by atoms with E-state index >= 15 is 0 Å². The number of nitrogen functional groups attached to an aromatic ring is 1. The van der Waals surface area contributed by atoms with Crippen LogP contribution in [0.2, 0.25) is 5.02 Å². The van der Waals surface area contributed by atoms with Gasteiger partial charge < -0.3 is 30.2 Å². The standard InChI is InChI=1S/C22H34ClN3O5.ClH/c1-4-31-21(27)8-6-5-7-10-26-11-9-18(20(14-26)30-3)25-22(28)15-12-16(23)17(24)13-19(15)29-2;/h12-13,18,20H,4-11,14,24H2,1-3H3,(H,25,28);1H/t18-,20+;/m1./s1. The number of likely N-dealkylation sites (tertiary alicyclic amines) is 1. The third kappa shape index (κ3) is 8.31. The number of carbonyl (C=O) groups is 2. The van der Waals surface area contributed by atoms with Gasteiger partial charge in [0, 0.05) is 32.7 Å². The van der Waals surface area contributed by atoms with Gasteiger partial charge in [-0.3, -0.25) is 9.59 Å². The summed E-state index contributed by atoms with van der Waals surface area (Å²) in [6.07, 6.45) is 3.95. The van der Waals surface area contributed by atoms with Crippen LogP contribution in [0.25, 0.3) is 0 Å². The van der Waals surface area contributed by atoms with E-state index in [-0.39, 0.29) is 36.4 Å². The molecule has 1 heterocycles. The second-order valence-electron chi connectivity index (χ2n) is 7.63. The van der Waals surface area contributed by atoms with E-state index in [9.17, 15) is 9.59 Å². The number of nitrogens with zero attached hydrogens (tertiary/aromatic N) is 1. The van der Waals surface area contributed by atoms with Gasteiger partial charge in [0.05, 0.1) is 42.1 Å². The number of halogens is 2. The third-order valence-electron chi connectivity index (χ3n) is 5.49. The van der Waals surface area contributed by atoms with E-state index in [1.807, 2.05) is 6.92 Å². The molecule has 0 unspecified atom stereocenters. The molecular weight excluding hydrogens is 457 g/mol. The molecule has 1 saturated heterocycles. The zero-order valence-corrected chi connectivity index (χ0v) is 20.6. The van der Waals surface area contributed by atoms with E-state index in [0.717, 1.165) is 45.3 Å². The number of piperidine rings is 1. The molecule has 1 aromatic carbocycles. The Bertz CT molecular complexity index is 751. The number of hydrogen-bond acceptors (Lipinski definition) is 7. The lowest BCUT2D eigenvalue weighted by atomic mass is 10.00. The fourth-order valence-electron chi connectivity index (χ4n) is 3.76. The quantitative estimate of drug-likeness (QED) is 0.278. The summed E-state index contributed by atoms with van der Waals surface area (Å²) < 4.78 is 15.9. The fourth-order valence-corrected chi connectivity index (χ4v) is 3.93. The summed E-state index contributed by atoms with van der Waals surface area (Å²) in [7, 11) is 3.15. The Hall–Kier alpha value is -1.74. The minimum absolute atomic E-state index is 0. The summed E-state index contributed by atoms with van der Waals surface area (Å²) >= 11 is 6.09. The molecule has 0 aliphatic carbocycles. The maximum absolute atomic E-state index is 12.8. The van der Waals surface area contributed by atoms with Gasteiger partial charge in [-0.2, -0.15) is 0 Å². The minimum Gasteiger partial charge on any atom is -0.496 e. The van der Waals surface area contributed by atoms with Crippen LogP contribution in [0.3, 0.4) is 0 Å². The molecular formula is C22H35Cl2N3O5. The maximum atomic E-state index is 12.8. The Kier molecular flexibility index (Phi) is 12.7. The Labute approximate surface area is 201 Å². The largest absolute Gasteiger partial charge is 0.496 e.